The van der Waals surface area contributed by atoms with Crippen LogP contribution in [0.5, 0.6) is 0 Å². The van der Waals surface area contributed by atoms with Gasteiger partial charge in [0.05, 0.1) is 23.5 Å². The summed E-state index contributed by atoms with van der Waals surface area (Å²) in [4.78, 5) is 16.3. The highest BCUT2D eigenvalue weighted by atomic mass is 16.5. The molecule has 0 saturated carbocycles. The Bertz CT molecular complexity index is 617. The van der Waals surface area contributed by atoms with Crippen LogP contribution in [0.15, 0.2) is 30.6 Å². The number of amides is 1. The van der Waals surface area contributed by atoms with Crippen LogP contribution < -0.4 is 5.32 Å². The number of aromatic nitrogens is 2. The van der Waals surface area contributed by atoms with Gasteiger partial charge in [0.2, 0.25) is 5.91 Å². The third-order valence-electron chi connectivity index (χ3n) is 4.14. The number of rotatable bonds is 7. The van der Waals surface area contributed by atoms with Crippen LogP contribution in [0.2, 0.25) is 0 Å². The number of imidazole rings is 1. The van der Waals surface area contributed by atoms with Gasteiger partial charge in [-0.3, -0.25) is 4.79 Å². The number of carbonyl (C=O) groups is 1. The third kappa shape index (κ3) is 3.85. The monoisotopic (exact) mass is 301 g/mol. The maximum Gasteiger partial charge on any atom is 0.239 e. The lowest BCUT2D eigenvalue weighted by Crippen LogP contribution is -2.28. The van der Waals surface area contributed by atoms with Crippen molar-refractivity contribution in [2.45, 2.75) is 44.8 Å². The number of ether oxygens (including phenoxy) is 1. The molecule has 1 aromatic heterocycles. The molecule has 5 heteroatoms. The van der Waals surface area contributed by atoms with Crippen molar-refractivity contribution in [2.24, 2.45) is 0 Å². The van der Waals surface area contributed by atoms with Crippen LogP contribution in [0.3, 0.4) is 0 Å². The molecule has 0 radical (unpaired) electrons. The van der Waals surface area contributed by atoms with Crippen molar-refractivity contribution in [1.82, 2.24) is 14.9 Å². The van der Waals surface area contributed by atoms with E-state index >= 15 is 0 Å². The number of hydrogen-bond acceptors (Lipinski definition) is 3. The summed E-state index contributed by atoms with van der Waals surface area (Å²) >= 11 is 0. The van der Waals surface area contributed by atoms with E-state index in [0.29, 0.717) is 12.6 Å². The Balaban J connectivity index is 1.37. The predicted molar refractivity (Wildman–Crippen MR) is 85.6 cm³/mol. The minimum atomic E-state index is 0.0419. The molecule has 1 N–H and O–H groups in total. The standard InChI is InChI=1S/C17H23N3O2/c21-17(18-10-4-3-6-14-7-5-11-22-14)12-20-13-19-15-8-1-2-9-16(15)20/h1-2,8-9,13-14H,3-7,10-12H2,(H,18,21). The average molecular weight is 301 g/mol. The van der Waals surface area contributed by atoms with E-state index in [9.17, 15) is 4.79 Å². The molecule has 0 aliphatic carbocycles. The zero-order chi connectivity index (χ0) is 15.2. The lowest BCUT2D eigenvalue weighted by Gasteiger charge is -2.09. The molecule has 1 aromatic carbocycles. The highest BCUT2D eigenvalue weighted by Gasteiger charge is 2.14. The predicted octanol–water partition coefficient (Wildman–Crippen LogP) is 2.50. The van der Waals surface area contributed by atoms with Crippen molar-refractivity contribution in [3.05, 3.63) is 30.6 Å². The average Bonchev–Trinajstić information content (AvgIpc) is 3.17. The van der Waals surface area contributed by atoms with E-state index in [1.54, 1.807) is 6.33 Å². The number of nitrogens with one attached hydrogen (secondary N) is 1. The van der Waals surface area contributed by atoms with E-state index in [-0.39, 0.29) is 5.91 Å². The fourth-order valence-electron chi connectivity index (χ4n) is 2.94. The van der Waals surface area contributed by atoms with Gasteiger partial charge in [0.15, 0.2) is 0 Å². The molecule has 5 nitrogen and oxygen atoms in total. The molecule has 3 rings (SSSR count). The second-order valence-corrected chi connectivity index (χ2v) is 5.84. The molecule has 2 aromatic rings. The lowest BCUT2D eigenvalue weighted by atomic mass is 10.1. The summed E-state index contributed by atoms with van der Waals surface area (Å²) in [6.45, 7) is 1.98. The van der Waals surface area contributed by atoms with Crippen molar-refractivity contribution < 1.29 is 9.53 Å². The summed E-state index contributed by atoms with van der Waals surface area (Å²) in [5, 5.41) is 2.98. The Kier molecular flexibility index (Phi) is 5.06. The molecule has 1 aliphatic heterocycles. The number of nitrogens with zero attached hydrogens (tertiary/aromatic N) is 2. The van der Waals surface area contributed by atoms with Gasteiger partial charge < -0.3 is 14.6 Å². The Morgan fingerprint density at radius 1 is 1.36 bits per heavy atom. The zero-order valence-electron chi connectivity index (χ0n) is 12.8. The first-order chi connectivity index (χ1) is 10.8. The maximum absolute atomic E-state index is 12.0. The minimum Gasteiger partial charge on any atom is -0.378 e. The molecular formula is C17H23N3O2. The molecule has 1 amide bonds. The Hall–Kier alpha value is -1.88. The van der Waals surface area contributed by atoms with Crippen LogP contribution in [0.4, 0.5) is 0 Å². The summed E-state index contributed by atoms with van der Waals surface area (Å²) in [6, 6.07) is 7.85. The van der Waals surface area contributed by atoms with Gasteiger partial charge in [-0.05, 0) is 44.2 Å². The topological polar surface area (TPSA) is 56.2 Å². The van der Waals surface area contributed by atoms with E-state index in [2.05, 4.69) is 10.3 Å². The van der Waals surface area contributed by atoms with Gasteiger partial charge in [0, 0.05) is 13.2 Å². The number of hydrogen-bond donors (Lipinski definition) is 1. The first kappa shape index (κ1) is 15.0. The molecule has 2 heterocycles. The van der Waals surface area contributed by atoms with E-state index in [1.807, 2.05) is 28.8 Å². The summed E-state index contributed by atoms with van der Waals surface area (Å²) < 4.78 is 7.48. The van der Waals surface area contributed by atoms with Crippen molar-refractivity contribution in [1.29, 1.82) is 0 Å². The first-order valence-corrected chi connectivity index (χ1v) is 8.11. The van der Waals surface area contributed by atoms with Crippen molar-refractivity contribution in [2.75, 3.05) is 13.2 Å². The molecule has 0 bridgehead atoms. The number of benzene rings is 1. The van der Waals surface area contributed by atoms with E-state index in [1.165, 1.54) is 12.8 Å². The summed E-state index contributed by atoms with van der Waals surface area (Å²) in [6.07, 6.45) is 7.80. The number of unbranched alkanes of at least 4 members (excludes halogenated alkanes) is 1. The fourth-order valence-corrected chi connectivity index (χ4v) is 2.94. The van der Waals surface area contributed by atoms with Crippen molar-refractivity contribution in [3.8, 4) is 0 Å². The normalized spacial score (nSPS) is 17.9. The van der Waals surface area contributed by atoms with Gasteiger partial charge in [-0.2, -0.15) is 0 Å². The SMILES string of the molecule is O=C(Cn1cnc2ccccc21)NCCCCC1CCCO1. The highest BCUT2D eigenvalue weighted by Crippen LogP contribution is 2.17. The van der Waals surface area contributed by atoms with Gasteiger partial charge >= 0.3 is 0 Å². The van der Waals surface area contributed by atoms with E-state index < -0.39 is 0 Å². The molecule has 1 unspecified atom stereocenters. The highest BCUT2D eigenvalue weighted by molar-refractivity contribution is 5.80. The second kappa shape index (κ2) is 7.40. The maximum atomic E-state index is 12.0. The largest absolute Gasteiger partial charge is 0.378 e. The summed E-state index contributed by atoms with van der Waals surface area (Å²) in [5.74, 6) is 0.0419. The molecule has 1 aliphatic rings. The van der Waals surface area contributed by atoms with E-state index in [4.69, 9.17) is 4.74 Å². The van der Waals surface area contributed by atoms with Gasteiger partial charge in [0.1, 0.15) is 6.54 Å². The molecule has 1 atom stereocenters. The number of para-hydroxylation sites is 2. The summed E-state index contributed by atoms with van der Waals surface area (Å²) in [7, 11) is 0. The van der Waals surface area contributed by atoms with Crippen molar-refractivity contribution >= 4 is 16.9 Å². The van der Waals surface area contributed by atoms with Crippen LogP contribution in [-0.4, -0.2) is 34.7 Å². The minimum absolute atomic E-state index is 0.0419. The van der Waals surface area contributed by atoms with Gasteiger partial charge in [-0.15, -0.1) is 0 Å². The van der Waals surface area contributed by atoms with Crippen LogP contribution in [0.25, 0.3) is 11.0 Å². The number of fused-ring (bicyclic) bond motifs is 1. The van der Waals surface area contributed by atoms with Crippen molar-refractivity contribution in [3.63, 3.8) is 0 Å². The molecular weight excluding hydrogens is 278 g/mol. The van der Waals surface area contributed by atoms with Gasteiger partial charge in [0.25, 0.3) is 0 Å². The molecule has 22 heavy (non-hydrogen) atoms. The lowest BCUT2D eigenvalue weighted by molar-refractivity contribution is -0.121. The van der Waals surface area contributed by atoms with Crippen LogP contribution in [-0.2, 0) is 16.1 Å². The number of carbonyl (C=O) groups excluding carboxylic acids is 1. The van der Waals surface area contributed by atoms with E-state index in [0.717, 1.165) is 43.4 Å². The Labute approximate surface area is 130 Å². The Morgan fingerprint density at radius 3 is 3.14 bits per heavy atom. The smallest absolute Gasteiger partial charge is 0.239 e. The first-order valence-electron chi connectivity index (χ1n) is 8.11. The zero-order valence-corrected chi connectivity index (χ0v) is 12.8. The molecule has 1 fully saturated rings. The fraction of sp³-hybridized carbons (Fsp3) is 0.529. The second-order valence-electron chi connectivity index (χ2n) is 5.84. The molecule has 118 valence electrons. The van der Waals surface area contributed by atoms with Crippen LogP contribution in [0.1, 0.15) is 32.1 Å². The van der Waals surface area contributed by atoms with Crippen LogP contribution >= 0.6 is 0 Å². The van der Waals surface area contributed by atoms with Gasteiger partial charge in [-0.25, -0.2) is 4.98 Å². The summed E-state index contributed by atoms with van der Waals surface area (Å²) in [5.41, 5.74) is 1.92. The molecule has 0 spiro atoms. The van der Waals surface area contributed by atoms with Gasteiger partial charge in [-0.1, -0.05) is 12.1 Å². The Morgan fingerprint density at radius 2 is 2.27 bits per heavy atom. The molecule has 1 saturated heterocycles. The quantitative estimate of drug-likeness (QED) is 0.799. The van der Waals surface area contributed by atoms with Crippen LogP contribution in [0, 0.1) is 0 Å². The third-order valence-corrected chi connectivity index (χ3v) is 4.14.